The zero-order valence-electron chi connectivity index (χ0n) is 18.2. The summed E-state index contributed by atoms with van der Waals surface area (Å²) in [7, 11) is 0. The Bertz CT molecular complexity index is 952. The second-order valence-electron chi connectivity index (χ2n) is 9.21. The molecule has 0 spiro atoms. The van der Waals surface area contributed by atoms with E-state index < -0.39 is 6.61 Å². The lowest BCUT2D eigenvalue weighted by Crippen LogP contribution is -2.39. The number of benzene rings is 1. The minimum atomic E-state index is -2.94. The molecule has 2 heterocycles. The number of rotatable bonds is 9. The minimum Gasteiger partial charge on any atom is -0.489 e. The number of amidine groups is 1. The number of amides is 2. The number of alkyl halides is 2. The standard InChI is InChI=1S/C23H27F2N3O4S/c24-22(25)32-18-6-5-15(7-19(18)31-11-13-1-2-13)16-8-21(30)28(9-16)10-20(29)27-23-26-17(12-33-23)14-3-4-14/h5-7,13-14,16-17,22H,1-4,8-12H2,(H,26,27,29)/t16-,17?/m1/s1. The van der Waals surface area contributed by atoms with Crippen molar-refractivity contribution in [1.29, 1.82) is 0 Å². The van der Waals surface area contributed by atoms with Gasteiger partial charge in [-0.2, -0.15) is 8.78 Å². The summed E-state index contributed by atoms with van der Waals surface area (Å²) in [5.41, 5.74) is 0.807. The van der Waals surface area contributed by atoms with Crippen LogP contribution in [0, 0.1) is 11.8 Å². The molecule has 178 valence electrons. The summed E-state index contributed by atoms with van der Waals surface area (Å²) in [5, 5.41) is 3.48. The number of aliphatic imine (C=N–C) groups is 1. The quantitative estimate of drug-likeness (QED) is 0.587. The van der Waals surface area contributed by atoms with Crippen molar-refractivity contribution in [2.24, 2.45) is 16.8 Å². The zero-order chi connectivity index (χ0) is 22.9. The van der Waals surface area contributed by atoms with Crippen molar-refractivity contribution in [2.75, 3.05) is 25.4 Å². The number of carbonyl (C=O) groups excluding carboxylic acids is 2. The minimum absolute atomic E-state index is 0.00528. The molecule has 1 aromatic rings. The van der Waals surface area contributed by atoms with Gasteiger partial charge in [-0.3, -0.25) is 14.6 Å². The third-order valence-corrected chi connectivity index (χ3v) is 7.45. The van der Waals surface area contributed by atoms with Crippen LogP contribution in [0.25, 0.3) is 0 Å². The second kappa shape index (κ2) is 9.48. The maximum Gasteiger partial charge on any atom is 0.387 e. The summed E-state index contributed by atoms with van der Waals surface area (Å²) in [6.45, 7) is -2.13. The van der Waals surface area contributed by atoms with Gasteiger partial charge in [-0.15, -0.1) is 0 Å². The van der Waals surface area contributed by atoms with Gasteiger partial charge in [0.15, 0.2) is 16.7 Å². The Morgan fingerprint density at radius 1 is 1.24 bits per heavy atom. The van der Waals surface area contributed by atoms with Gasteiger partial charge >= 0.3 is 6.61 Å². The van der Waals surface area contributed by atoms with Crippen molar-refractivity contribution >= 4 is 28.7 Å². The highest BCUT2D eigenvalue weighted by Crippen LogP contribution is 2.39. The predicted molar refractivity (Wildman–Crippen MR) is 120 cm³/mol. The van der Waals surface area contributed by atoms with Gasteiger partial charge < -0.3 is 19.7 Å². The number of likely N-dealkylation sites (tertiary alicyclic amines) is 1. The van der Waals surface area contributed by atoms with E-state index in [1.807, 2.05) is 0 Å². The van der Waals surface area contributed by atoms with Gasteiger partial charge in [0.1, 0.15) is 0 Å². The van der Waals surface area contributed by atoms with Crippen molar-refractivity contribution in [1.82, 2.24) is 10.2 Å². The number of hydrogen-bond acceptors (Lipinski definition) is 6. The second-order valence-corrected chi connectivity index (χ2v) is 10.2. The summed E-state index contributed by atoms with van der Waals surface area (Å²) in [6, 6.07) is 5.14. The number of nitrogens with zero attached hydrogens (tertiary/aromatic N) is 2. The van der Waals surface area contributed by atoms with Crippen molar-refractivity contribution in [2.45, 2.75) is 50.7 Å². The Labute approximate surface area is 195 Å². The van der Waals surface area contributed by atoms with Crippen LogP contribution in [-0.2, 0) is 9.59 Å². The number of thioether (sulfide) groups is 1. The molecular formula is C23H27F2N3O4S. The Kier molecular flexibility index (Phi) is 6.44. The first-order chi connectivity index (χ1) is 15.9. The molecule has 1 aromatic carbocycles. The first-order valence-electron chi connectivity index (χ1n) is 11.4. The topological polar surface area (TPSA) is 80.2 Å². The van der Waals surface area contributed by atoms with Crippen LogP contribution in [-0.4, -0.2) is 60.0 Å². The lowest BCUT2D eigenvalue weighted by molar-refractivity contribution is -0.132. The normalized spacial score (nSPS) is 24.9. The molecule has 33 heavy (non-hydrogen) atoms. The Hall–Kier alpha value is -2.36. The van der Waals surface area contributed by atoms with E-state index in [4.69, 9.17) is 4.74 Å². The molecule has 7 nitrogen and oxygen atoms in total. The SMILES string of the molecule is O=C(CN1C[C@H](c2ccc(OC(F)F)c(OCC3CC3)c2)CC1=O)NC1=NC(C2CC2)CS1. The molecule has 4 aliphatic rings. The van der Waals surface area contributed by atoms with Gasteiger partial charge in [-0.25, -0.2) is 0 Å². The van der Waals surface area contributed by atoms with E-state index in [-0.39, 0.29) is 42.2 Å². The molecule has 2 amide bonds. The Balaban J connectivity index is 1.19. The molecule has 2 atom stereocenters. The molecule has 2 aliphatic heterocycles. The number of ether oxygens (including phenoxy) is 2. The van der Waals surface area contributed by atoms with Gasteiger partial charge in [-0.1, -0.05) is 17.8 Å². The van der Waals surface area contributed by atoms with Crippen molar-refractivity contribution in [3.63, 3.8) is 0 Å². The monoisotopic (exact) mass is 479 g/mol. The van der Waals surface area contributed by atoms with E-state index in [1.54, 1.807) is 23.9 Å². The molecule has 0 aromatic heterocycles. The molecule has 5 rings (SSSR count). The predicted octanol–water partition coefficient (Wildman–Crippen LogP) is 3.39. The van der Waals surface area contributed by atoms with Crippen LogP contribution < -0.4 is 14.8 Å². The van der Waals surface area contributed by atoms with E-state index in [9.17, 15) is 18.4 Å². The zero-order valence-corrected chi connectivity index (χ0v) is 19.0. The van der Waals surface area contributed by atoms with Crippen LogP contribution in [0.4, 0.5) is 8.78 Å². The maximum absolute atomic E-state index is 12.8. The van der Waals surface area contributed by atoms with E-state index in [0.717, 1.165) is 24.2 Å². The molecule has 1 saturated heterocycles. The molecule has 2 saturated carbocycles. The average Bonchev–Trinajstić information content (AvgIpc) is 3.70. The van der Waals surface area contributed by atoms with Gasteiger partial charge in [0.05, 0.1) is 19.2 Å². The number of hydrogen-bond donors (Lipinski definition) is 1. The molecule has 3 fully saturated rings. The molecule has 0 radical (unpaired) electrons. The van der Waals surface area contributed by atoms with E-state index in [0.29, 0.717) is 36.2 Å². The molecule has 10 heteroatoms. The van der Waals surface area contributed by atoms with Crippen LogP contribution in [0.3, 0.4) is 0 Å². The van der Waals surface area contributed by atoms with Crippen molar-refractivity contribution in [3.8, 4) is 11.5 Å². The van der Waals surface area contributed by atoms with E-state index in [2.05, 4.69) is 15.0 Å². The number of nitrogens with one attached hydrogen (secondary N) is 1. The van der Waals surface area contributed by atoms with Crippen molar-refractivity contribution < 1.29 is 27.8 Å². The van der Waals surface area contributed by atoms with Gasteiger partial charge in [0, 0.05) is 24.6 Å². The summed E-state index contributed by atoms with van der Waals surface area (Å²) >= 11 is 1.56. The van der Waals surface area contributed by atoms with Crippen LogP contribution >= 0.6 is 11.8 Å². The van der Waals surface area contributed by atoms with Crippen LogP contribution in [0.15, 0.2) is 23.2 Å². The lowest BCUT2D eigenvalue weighted by atomic mass is 9.98. The maximum atomic E-state index is 12.8. The van der Waals surface area contributed by atoms with Gasteiger partial charge in [0.25, 0.3) is 0 Å². The molecule has 0 bridgehead atoms. The summed E-state index contributed by atoms with van der Waals surface area (Å²) in [4.78, 5) is 31.2. The van der Waals surface area contributed by atoms with Crippen LogP contribution in [0.1, 0.15) is 43.6 Å². The molecule has 2 aliphatic carbocycles. The fourth-order valence-electron chi connectivity index (χ4n) is 4.24. The highest BCUT2D eigenvalue weighted by molar-refractivity contribution is 8.14. The van der Waals surface area contributed by atoms with Gasteiger partial charge in [0.2, 0.25) is 11.8 Å². The first-order valence-corrected chi connectivity index (χ1v) is 12.4. The van der Waals surface area contributed by atoms with Gasteiger partial charge in [-0.05, 0) is 55.2 Å². The number of halogens is 2. The average molecular weight is 480 g/mol. The van der Waals surface area contributed by atoms with Crippen LogP contribution in [0.5, 0.6) is 11.5 Å². The fraction of sp³-hybridized carbons (Fsp3) is 0.609. The first kappa shape index (κ1) is 22.4. The fourth-order valence-corrected chi connectivity index (χ4v) is 5.31. The highest BCUT2D eigenvalue weighted by Gasteiger charge is 2.36. The van der Waals surface area contributed by atoms with E-state index >= 15 is 0 Å². The Morgan fingerprint density at radius 2 is 2.06 bits per heavy atom. The van der Waals surface area contributed by atoms with E-state index in [1.165, 1.54) is 23.8 Å². The third kappa shape index (κ3) is 5.77. The summed E-state index contributed by atoms with van der Waals surface area (Å²) in [5.74, 6) is 1.77. The van der Waals surface area contributed by atoms with Crippen molar-refractivity contribution in [3.05, 3.63) is 23.8 Å². The third-order valence-electron chi connectivity index (χ3n) is 6.46. The molecular weight excluding hydrogens is 452 g/mol. The Morgan fingerprint density at radius 3 is 2.79 bits per heavy atom. The molecule has 1 unspecified atom stereocenters. The summed E-state index contributed by atoms with van der Waals surface area (Å²) in [6.07, 6.45) is 4.82. The lowest BCUT2D eigenvalue weighted by Gasteiger charge is -2.18. The van der Waals surface area contributed by atoms with Crippen LogP contribution in [0.2, 0.25) is 0 Å². The molecule has 1 N–H and O–H groups in total. The number of carbonyl (C=O) groups is 2. The smallest absolute Gasteiger partial charge is 0.387 e. The largest absolute Gasteiger partial charge is 0.489 e. The summed E-state index contributed by atoms with van der Waals surface area (Å²) < 4.78 is 35.9. The highest BCUT2D eigenvalue weighted by atomic mass is 32.2.